The van der Waals surface area contributed by atoms with Gasteiger partial charge in [-0.1, -0.05) is 72.4 Å². The summed E-state index contributed by atoms with van der Waals surface area (Å²) in [7, 11) is 1.57. The van der Waals surface area contributed by atoms with Gasteiger partial charge in [0.2, 0.25) is 6.54 Å². The molecule has 0 amide bonds. The summed E-state index contributed by atoms with van der Waals surface area (Å²) < 4.78 is 13.7. The molecule has 5 rings (SSSR count). The standard InChI is InChI=1S/C30H28N4O4S/c1-20-8-6-12-25(16-20)34-21(2)31-32-30(34)39-29(18-33(35)36)23-14-15-27(28(17-23)37-3)38-19-24-11-7-10-22-9-4-5-13-26(22)24/h4-17,29H,18-19H2,1-3H3/t29-/m0/s1. The summed E-state index contributed by atoms with van der Waals surface area (Å²) in [5, 5.41) is 22.6. The zero-order valence-corrected chi connectivity index (χ0v) is 22.7. The van der Waals surface area contributed by atoms with Gasteiger partial charge in [0.25, 0.3) is 0 Å². The van der Waals surface area contributed by atoms with Crippen LogP contribution in [0, 0.1) is 24.0 Å². The Labute approximate surface area is 230 Å². The summed E-state index contributed by atoms with van der Waals surface area (Å²) in [6, 6.07) is 27.7. The van der Waals surface area contributed by atoms with Crippen molar-refractivity contribution in [2.24, 2.45) is 0 Å². The fraction of sp³-hybridized carbons (Fsp3) is 0.200. The SMILES string of the molecule is COc1cc([C@H](C[N+](=O)[O-])Sc2nnc(C)n2-c2cccc(C)c2)ccc1OCc1cccc2ccccc12. The first-order valence-corrected chi connectivity index (χ1v) is 13.4. The summed E-state index contributed by atoms with van der Waals surface area (Å²) in [6.45, 7) is 3.96. The highest BCUT2D eigenvalue weighted by Gasteiger charge is 2.25. The molecule has 0 bridgehead atoms. The minimum atomic E-state index is -0.520. The summed E-state index contributed by atoms with van der Waals surface area (Å²) in [5.74, 6) is 1.79. The van der Waals surface area contributed by atoms with Gasteiger partial charge < -0.3 is 9.47 Å². The van der Waals surface area contributed by atoms with Crippen molar-refractivity contribution in [3.8, 4) is 17.2 Å². The zero-order chi connectivity index (χ0) is 27.4. The van der Waals surface area contributed by atoms with Crippen LogP contribution in [0.25, 0.3) is 16.5 Å². The number of benzene rings is 4. The molecule has 8 nitrogen and oxygen atoms in total. The Morgan fingerprint density at radius 2 is 1.74 bits per heavy atom. The molecular formula is C30H28N4O4S. The van der Waals surface area contributed by atoms with Crippen molar-refractivity contribution in [1.82, 2.24) is 14.8 Å². The number of nitro groups is 1. The van der Waals surface area contributed by atoms with Gasteiger partial charge >= 0.3 is 0 Å². The van der Waals surface area contributed by atoms with Crippen LogP contribution in [0.4, 0.5) is 0 Å². The first-order chi connectivity index (χ1) is 18.9. The van der Waals surface area contributed by atoms with Crippen molar-refractivity contribution in [3.05, 3.63) is 118 Å². The number of aromatic nitrogens is 3. The summed E-state index contributed by atoms with van der Waals surface area (Å²) in [6.07, 6.45) is 0. The van der Waals surface area contributed by atoms with Crippen molar-refractivity contribution < 1.29 is 14.4 Å². The molecule has 0 radical (unpaired) electrons. The van der Waals surface area contributed by atoms with Gasteiger partial charge in [-0.2, -0.15) is 0 Å². The van der Waals surface area contributed by atoms with Crippen LogP contribution in [0.1, 0.15) is 27.8 Å². The van der Waals surface area contributed by atoms with Gasteiger partial charge in [-0.25, -0.2) is 0 Å². The zero-order valence-electron chi connectivity index (χ0n) is 21.9. The van der Waals surface area contributed by atoms with E-state index in [-0.39, 0.29) is 11.5 Å². The third-order valence-electron chi connectivity index (χ3n) is 6.44. The van der Waals surface area contributed by atoms with E-state index in [0.29, 0.717) is 29.1 Å². The van der Waals surface area contributed by atoms with Gasteiger partial charge in [0.15, 0.2) is 16.7 Å². The number of hydrogen-bond acceptors (Lipinski definition) is 7. The third-order valence-corrected chi connectivity index (χ3v) is 7.62. The van der Waals surface area contributed by atoms with E-state index in [1.807, 2.05) is 79.1 Å². The number of hydrogen-bond donors (Lipinski definition) is 0. The minimum Gasteiger partial charge on any atom is -0.493 e. The second-order valence-electron chi connectivity index (χ2n) is 9.16. The van der Waals surface area contributed by atoms with Crippen molar-refractivity contribution in [2.45, 2.75) is 30.9 Å². The van der Waals surface area contributed by atoms with Crippen molar-refractivity contribution in [2.75, 3.05) is 13.7 Å². The Hall–Kier alpha value is -4.37. The number of methoxy groups -OCH3 is 1. The topological polar surface area (TPSA) is 92.3 Å². The fourth-order valence-corrected chi connectivity index (χ4v) is 5.70. The van der Waals surface area contributed by atoms with E-state index in [1.165, 1.54) is 11.8 Å². The van der Waals surface area contributed by atoms with Crippen molar-refractivity contribution in [3.63, 3.8) is 0 Å². The Balaban J connectivity index is 1.42. The number of thioether (sulfide) groups is 1. The molecule has 0 aliphatic rings. The first kappa shape index (κ1) is 26.2. The van der Waals surface area contributed by atoms with E-state index < -0.39 is 5.25 Å². The molecule has 1 atom stereocenters. The highest BCUT2D eigenvalue weighted by Crippen LogP contribution is 2.39. The molecule has 0 aliphatic heterocycles. The molecule has 1 aromatic heterocycles. The number of nitrogens with zero attached hydrogens (tertiary/aromatic N) is 4. The average Bonchev–Trinajstić information content (AvgIpc) is 3.30. The van der Waals surface area contributed by atoms with E-state index in [4.69, 9.17) is 9.47 Å². The van der Waals surface area contributed by atoms with Crippen LogP contribution in [0.5, 0.6) is 11.5 Å². The Morgan fingerprint density at radius 3 is 2.54 bits per heavy atom. The molecule has 9 heteroatoms. The number of rotatable bonds is 10. The predicted molar refractivity (Wildman–Crippen MR) is 153 cm³/mol. The van der Waals surface area contributed by atoms with Crippen LogP contribution in [0.15, 0.2) is 90.1 Å². The van der Waals surface area contributed by atoms with Gasteiger partial charge in [0.05, 0.1) is 7.11 Å². The highest BCUT2D eigenvalue weighted by atomic mass is 32.2. The normalized spacial score (nSPS) is 11.9. The second-order valence-corrected chi connectivity index (χ2v) is 10.3. The summed E-state index contributed by atoms with van der Waals surface area (Å²) in [4.78, 5) is 11.3. The lowest BCUT2D eigenvalue weighted by Gasteiger charge is -2.17. The van der Waals surface area contributed by atoms with E-state index >= 15 is 0 Å². The molecule has 0 saturated heterocycles. The molecule has 4 aromatic carbocycles. The van der Waals surface area contributed by atoms with Gasteiger partial charge in [0, 0.05) is 10.6 Å². The van der Waals surface area contributed by atoms with E-state index in [2.05, 4.69) is 28.4 Å². The lowest BCUT2D eigenvalue weighted by atomic mass is 10.1. The number of fused-ring (bicyclic) bond motifs is 1. The van der Waals surface area contributed by atoms with Crippen LogP contribution in [-0.4, -0.2) is 33.3 Å². The maximum Gasteiger partial charge on any atom is 0.220 e. The van der Waals surface area contributed by atoms with Gasteiger partial charge in [0.1, 0.15) is 17.7 Å². The van der Waals surface area contributed by atoms with Crippen LogP contribution >= 0.6 is 11.8 Å². The van der Waals surface area contributed by atoms with Crippen LogP contribution in [0.2, 0.25) is 0 Å². The van der Waals surface area contributed by atoms with Gasteiger partial charge in [-0.05, 0) is 65.6 Å². The first-order valence-electron chi connectivity index (χ1n) is 12.5. The quantitative estimate of drug-likeness (QED) is 0.110. The van der Waals surface area contributed by atoms with Crippen LogP contribution < -0.4 is 9.47 Å². The van der Waals surface area contributed by atoms with Crippen molar-refractivity contribution in [1.29, 1.82) is 0 Å². The molecule has 0 aliphatic carbocycles. The van der Waals surface area contributed by atoms with E-state index in [9.17, 15) is 10.1 Å². The molecule has 0 spiro atoms. The molecular weight excluding hydrogens is 512 g/mol. The molecule has 0 N–H and O–H groups in total. The molecule has 39 heavy (non-hydrogen) atoms. The molecule has 198 valence electrons. The number of aryl methyl sites for hydroxylation is 2. The smallest absolute Gasteiger partial charge is 0.220 e. The van der Waals surface area contributed by atoms with Crippen LogP contribution in [0.3, 0.4) is 0 Å². The predicted octanol–water partition coefficient (Wildman–Crippen LogP) is 6.74. The monoisotopic (exact) mass is 540 g/mol. The van der Waals surface area contributed by atoms with Gasteiger partial charge in [-0.15, -0.1) is 10.2 Å². The summed E-state index contributed by atoms with van der Waals surface area (Å²) in [5.41, 5.74) is 3.81. The maximum absolute atomic E-state index is 11.7. The van der Waals surface area contributed by atoms with E-state index in [0.717, 1.165) is 33.2 Å². The number of ether oxygens (including phenoxy) is 2. The molecule has 1 heterocycles. The highest BCUT2D eigenvalue weighted by molar-refractivity contribution is 7.99. The van der Waals surface area contributed by atoms with Gasteiger partial charge in [-0.3, -0.25) is 14.7 Å². The second kappa shape index (κ2) is 11.6. The molecule has 0 unspecified atom stereocenters. The lowest BCUT2D eigenvalue weighted by Crippen LogP contribution is -2.11. The summed E-state index contributed by atoms with van der Waals surface area (Å²) >= 11 is 1.31. The Morgan fingerprint density at radius 1 is 0.949 bits per heavy atom. The fourth-order valence-electron chi connectivity index (χ4n) is 4.53. The largest absolute Gasteiger partial charge is 0.493 e. The maximum atomic E-state index is 11.7. The molecule has 5 aromatic rings. The molecule has 0 fully saturated rings. The van der Waals surface area contributed by atoms with Crippen molar-refractivity contribution >= 4 is 22.5 Å². The van der Waals surface area contributed by atoms with Crippen LogP contribution in [-0.2, 0) is 6.61 Å². The minimum absolute atomic E-state index is 0.288. The third kappa shape index (κ3) is 5.88. The lowest BCUT2D eigenvalue weighted by molar-refractivity contribution is -0.479. The molecule has 0 saturated carbocycles. The Kier molecular flexibility index (Phi) is 7.79. The Bertz CT molecular complexity index is 1630. The average molecular weight is 541 g/mol. The van der Waals surface area contributed by atoms with E-state index in [1.54, 1.807) is 13.2 Å².